The molecule has 0 spiro atoms. The van der Waals surface area contributed by atoms with Crippen LogP contribution in [-0.4, -0.2) is 27.3 Å². The molecule has 0 radical (unpaired) electrons. The first-order valence-corrected chi connectivity index (χ1v) is 8.54. The minimum atomic E-state index is -0.129. The molecule has 1 fully saturated rings. The standard InChI is InChI=1S/C20H21N3O/c1-14(15-8-3-2-4-9-15)20(24)23-13-7-12-18(23)19-21-16-10-5-6-11-17(16)22-19/h2-6,8-11,14,18H,7,12-13H2,1H3,(H,21,22)/t14-,18+/m1/s1. The van der Waals surface area contributed by atoms with E-state index in [0.29, 0.717) is 0 Å². The van der Waals surface area contributed by atoms with Crippen LogP contribution >= 0.6 is 0 Å². The van der Waals surface area contributed by atoms with Gasteiger partial charge < -0.3 is 9.88 Å². The number of nitrogens with zero attached hydrogens (tertiary/aromatic N) is 2. The fourth-order valence-corrected chi connectivity index (χ4v) is 3.58. The van der Waals surface area contributed by atoms with Crippen LogP contribution in [0.5, 0.6) is 0 Å². The lowest BCUT2D eigenvalue weighted by Crippen LogP contribution is -2.34. The Balaban J connectivity index is 1.61. The number of H-pyrrole nitrogens is 1. The smallest absolute Gasteiger partial charge is 0.230 e. The number of hydrogen-bond donors (Lipinski definition) is 1. The lowest BCUT2D eigenvalue weighted by molar-refractivity contribution is -0.133. The number of aromatic amines is 1. The van der Waals surface area contributed by atoms with Gasteiger partial charge in [-0.2, -0.15) is 0 Å². The Kier molecular flexibility index (Phi) is 3.81. The van der Waals surface area contributed by atoms with Gasteiger partial charge >= 0.3 is 0 Å². The summed E-state index contributed by atoms with van der Waals surface area (Å²) in [4.78, 5) is 23.1. The third-order valence-corrected chi connectivity index (χ3v) is 4.93. The fourth-order valence-electron chi connectivity index (χ4n) is 3.58. The van der Waals surface area contributed by atoms with Gasteiger partial charge in [0.05, 0.1) is 23.0 Å². The van der Waals surface area contributed by atoms with Crippen LogP contribution in [0.1, 0.15) is 43.1 Å². The highest BCUT2D eigenvalue weighted by Crippen LogP contribution is 2.34. The quantitative estimate of drug-likeness (QED) is 0.792. The van der Waals surface area contributed by atoms with Crippen LogP contribution in [0, 0.1) is 0 Å². The highest BCUT2D eigenvalue weighted by molar-refractivity contribution is 5.84. The predicted molar refractivity (Wildman–Crippen MR) is 94.6 cm³/mol. The second-order valence-corrected chi connectivity index (χ2v) is 6.46. The van der Waals surface area contributed by atoms with Crippen LogP contribution in [0.4, 0.5) is 0 Å². The van der Waals surface area contributed by atoms with Crippen molar-refractivity contribution in [3.8, 4) is 0 Å². The van der Waals surface area contributed by atoms with Gasteiger partial charge in [0.2, 0.25) is 5.91 Å². The van der Waals surface area contributed by atoms with E-state index in [1.807, 2.05) is 66.4 Å². The van der Waals surface area contributed by atoms with Crippen molar-refractivity contribution in [2.24, 2.45) is 0 Å². The zero-order chi connectivity index (χ0) is 16.5. The number of rotatable bonds is 3. The molecular formula is C20H21N3O. The molecule has 1 amide bonds. The fraction of sp³-hybridized carbons (Fsp3) is 0.300. The van der Waals surface area contributed by atoms with Gasteiger partial charge in [-0.15, -0.1) is 0 Å². The van der Waals surface area contributed by atoms with Crippen molar-refractivity contribution in [3.63, 3.8) is 0 Å². The Morgan fingerprint density at radius 3 is 2.71 bits per heavy atom. The molecule has 1 aromatic heterocycles. The Labute approximate surface area is 141 Å². The van der Waals surface area contributed by atoms with E-state index in [1.165, 1.54) is 0 Å². The Hall–Kier alpha value is -2.62. The van der Waals surface area contributed by atoms with Gasteiger partial charge in [-0.3, -0.25) is 4.79 Å². The number of hydrogen-bond acceptors (Lipinski definition) is 2. The molecule has 4 heteroatoms. The number of fused-ring (bicyclic) bond motifs is 1. The van der Waals surface area contributed by atoms with E-state index in [2.05, 4.69) is 4.98 Å². The molecule has 0 bridgehead atoms. The van der Waals surface area contributed by atoms with Crippen LogP contribution < -0.4 is 0 Å². The van der Waals surface area contributed by atoms with Crippen molar-refractivity contribution in [2.75, 3.05) is 6.54 Å². The van der Waals surface area contributed by atoms with Gasteiger partial charge in [0.15, 0.2) is 0 Å². The van der Waals surface area contributed by atoms with Gasteiger partial charge in [-0.1, -0.05) is 42.5 Å². The number of amides is 1. The molecule has 0 saturated carbocycles. The van der Waals surface area contributed by atoms with Crippen molar-refractivity contribution in [3.05, 3.63) is 66.0 Å². The van der Waals surface area contributed by atoms with Crippen molar-refractivity contribution in [1.82, 2.24) is 14.9 Å². The van der Waals surface area contributed by atoms with Gasteiger partial charge in [0.25, 0.3) is 0 Å². The highest BCUT2D eigenvalue weighted by Gasteiger charge is 2.34. The molecular weight excluding hydrogens is 298 g/mol. The lowest BCUT2D eigenvalue weighted by atomic mass is 9.99. The summed E-state index contributed by atoms with van der Waals surface area (Å²) in [7, 11) is 0. The molecule has 3 aromatic rings. The van der Waals surface area contributed by atoms with Crippen LogP contribution in [0.2, 0.25) is 0 Å². The number of para-hydroxylation sites is 2. The van der Waals surface area contributed by atoms with E-state index in [0.717, 1.165) is 41.8 Å². The van der Waals surface area contributed by atoms with E-state index in [1.54, 1.807) is 0 Å². The van der Waals surface area contributed by atoms with E-state index < -0.39 is 0 Å². The maximum Gasteiger partial charge on any atom is 0.230 e. The van der Waals surface area contributed by atoms with Crippen molar-refractivity contribution < 1.29 is 4.79 Å². The zero-order valence-corrected chi connectivity index (χ0v) is 13.8. The summed E-state index contributed by atoms with van der Waals surface area (Å²) in [6, 6.07) is 18.1. The lowest BCUT2D eigenvalue weighted by Gasteiger charge is -2.26. The molecule has 2 heterocycles. The number of aromatic nitrogens is 2. The zero-order valence-electron chi connectivity index (χ0n) is 13.8. The number of carbonyl (C=O) groups excluding carboxylic acids is 1. The molecule has 1 N–H and O–H groups in total. The molecule has 1 aliphatic heterocycles. The van der Waals surface area contributed by atoms with Crippen molar-refractivity contribution in [2.45, 2.75) is 31.7 Å². The molecule has 24 heavy (non-hydrogen) atoms. The number of likely N-dealkylation sites (tertiary alicyclic amines) is 1. The van der Waals surface area contributed by atoms with Gasteiger partial charge in [0.1, 0.15) is 5.82 Å². The number of nitrogens with one attached hydrogen (secondary N) is 1. The number of carbonyl (C=O) groups is 1. The van der Waals surface area contributed by atoms with E-state index >= 15 is 0 Å². The molecule has 0 unspecified atom stereocenters. The Morgan fingerprint density at radius 1 is 1.17 bits per heavy atom. The summed E-state index contributed by atoms with van der Waals surface area (Å²) >= 11 is 0. The maximum atomic E-state index is 13.0. The summed E-state index contributed by atoms with van der Waals surface area (Å²) in [5.74, 6) is 0.961. The SMILES string of the molecule is C[C@@H](C(=O)N1CCC[C@H]1c1nc2ccccc2[nH]1)c1ccccc1. The Bertz CT molecular complexity index is 822. The molecule has 0 aliphatic carbocycles. The minimum absolute atomic E-state index is 0.0519. The molecule has 4 nitrogen and oxygen atoms in total. The average Bonchev–Trinajstić information content (AvgIpc) is 3.27. The first-order chi connectivity index (χ1) is 11.7. The first-order valence-electron chi connectivity index (χ1n) is 8.54. The summed E-state index contributed by atoms with van der Waals surface area (Å²) in [6.45, 7) is 2.80. The average molecular weight is 319 g/mol. The second-order valence-electron chi connectivity index (χ2n) is 6.46. The first kappa shape index (κ1) is 14.9. The van der Waals surface area contributed by atoms with Gasteiger partial charge in [0, 0.05) is 6.54 Å². The van der Waals surface area contributed by atoms with Crippen LogP contribution in [0.25, 0.3) is 11.0 Å². The van der Waals surface area contributed by atoms with Crippen LogP contribution in [0.3, 0.4) is 0 Å². The summed E-state index contributed by atoms with van der Waals surface area (Å²) < 4.78 is 0. The molecule has 2 aromatic carbocycles. The van der Waals surface area contributed by atoms with Crippen LogP contribution in [-0.2, 0) is 4.79 Å². The molecule has 122 valence electrons. The number of benzene rings is 2. The normalized spacial score (nSPS) is 18.9. The van der Waals surface area contributed by atoms with Crippen molar-refractivity contribution in [1.29, 1.82) is 0 Å². The van der Waals surface area contributed by atoms with E-state index in [9.17, 15) is 4.79 Å². The second kappa shape index (κ2) is 6.11. The predicted octanol–water partition coefficient (Wildman–Crippen LogP) is 4.03. The largest absolute Gasteiger partial charge is 0.340 e. The van der Waals surface area contributed by atoms with E-state index in [-0.39, 0.29) is 17.9 Å². The van der Waals surface area contributed by atoms with Gasteiger partial charge in [-0.05, 0) is 37.5 Å². The molecule has 1 saturated heterocycles. The molecule has 4 rings (SSSR count). The maximum absolute atomic E-state index is 13.0. The molecule has 2 atom stereocenters. The Morgan fingerprint density at radius 2 is 1.92 bits per heavy atom. The third kappa shape index (κ3) is 2.58. The highest BCUT2D eigenvalue weighted by atomic mass is 16.2. The summed E-state index contributed by atoms with van der Waals surface area (Å²) in [5, 5.41) is 0. The van der Waals surface area contributed by atoms with Gasteiger partial charge in [-0.25, -0.2) is 4.98 Å². The summed E-state index contributed by atoms with van der Waals surface area (Å²) in [5.41, 5.74) is 3.06. The number of imidazole rings is 1. The topological polar surface area (TPSA) is 49.0 Å². The van der Waals surface area contributed by atoms with Crippen LogP contribution in [0.15, 0.2) is 54.6 Å². The van der Waals surface area contributed by atoms with E-state index in [4.69, 9.17) is 4.98 Å². The molecule has 1 aliphatic rings. The monoisotopic (exact) mass is 319 g/mol. The minimum Gasteiger partial charge on any atom is -0.340 e. The third-order valence-electron chi connectivity index (χ3n) is 4.93. The van der Waals surface area contributed by atoms with Crippen molar-refractivity contribution >= 4 is 16.9 Å². The summed E-state index contributed by atoms with van der Waals surface area (Å²) in [6.07, 6.45) is 1.99.